The first kappa shape index (κ1) is 17.5. The highest BCUT2D eigenvalue weighted by Crippen LogP contribution is 2.25. The molecular weight excluding hydrogens is 340 g/mol. The van der Waals surface area contributed by atoms with Crippen molar-refractivity contribution < 1.29 is 14.2 Å². The Bertz CT molecular complexity index is 837. The number of nitrogens with zero attached hydrogens (tertiary/aromatic N) is 2. The van der Waals surface area contributed by atoms with Crippen molar-refractivity contribution >= 4 is 22.5 Å². The molecule has 1 aromatic heterocycles. The van der Waals surface area contributed by atoms with Gasteiger partial charge in [0, 0.05) is 0 Å². The van der Waals surface area contributed by atoms with Gasteiger partial charge in [-0.15, -0.1) is 0 Å². The summed E-state index contributed by atoms with van der Waals surface area (Å²) < 4.78 is 16.8. The van der Waals surface area contributed by atoms with Gasteiger partial charge >= 0.3 is 0 Å². The van der Waals surface area contributed by atoms with Gasteiger partial charge in [0.2, 0.25) is 5.88 Å². The molecule has 0 aliphatic rings. The average molecular weight is 359 g/mol. The van der Waals surface area contributed by atoms with Crippen molar-refractivity contribution in [2.24, 2.45) is 0 Å². The second-order valence-electron chi connectivity index (χ2n) is 5.44. The van der Waals surface area contributed by atoms with Gasteiger partial charge in [0.1, 0.15) is 25.3 Å². The van der Waals surface area contributed by atoms with Crippen LogP contribution in [0.25, 0.3) is 10.9 Å². The lowest BCUT2D eigenvalue weighted by Gasteiger charge is -2.10. The van der Waals surface area contributed by atoms with E-state index >= 15 is 0 Å². The average Bonchev–Trinajstić information content (AvgIpc) is 2.63. The fourth-order valence-corrected chi connectivity index (χ4v) is 2.50. The Morgan fingerprint density at radius 2 is 1.72 bits per heavy atom. The summed E-state index contributed by atoms with van der Waals surface area (Å²) in [6.45, 7) is 3.74. The highest BCUT2D eigenvalue weighted by Gasteiger charge is 2.04. The van der Waals surface area contributed by atoms with E-state index in [4.69, 9.17) is 25.8 Å². The number of fused-ring (bicyclic) bond motifs is 1. The molecule has 0 aliphatic carbocycles. The standard InChI is InChI=1S/C19H19ClN2O3/c1-14-6-7-16(20)18(12-14)24-10-8-23-9-11-25-19-15-4-2-3-5-17(15)21-13-22-19/h2-7,12-13H,8-11H2,1H3. The van der Waals surface area contributed by atoms with Gasteiger partial charge in [0.15, 0.2) is 0 Å². The quantitative estimate of drug-likeness (QED) is 0.568. The molecule has 0 N–H and O–H groups in total. The first-order valence-corrected chi connectivity index (χ1v) is 8.41. The maximum absolute atomic E-state index is 6.08. The van der Waals surface area contributed by atoms with Gasteiger partial charge in [-0.25, -0.2) is 9.97 Å². The summed E-state index contributed by atoms with van der Waals surface area (Å²) in [4.78, 5) is 8.37. The monoisotopic (exact) mass is 358 g/mol. The number of rotatable bonds is 8. The normalized spacial score (nSPS) is 10.8. The Morgan fingerprint density at radius 3 is 2.60 bits per heavy atom. The molecule has 2 aromatic carbocycles. The van der Waals surface area contributed by atoms with Crippen molar-refractivity contribution in [2.45, 2.75) is 6.92 Å². The molecule has 0 radical (unpaired) electrons. The molecule has 3 rings (SSSR count). The number of halogens is 1. The first-order chi connectivity index (χ1) is 12.2. The number of ether oxygens (including phenoxy) is 3. The van der Waals surface area contributed by atoms with Crippen LogP contribution in [0.1, 0.15) is 5.56 Å². The minimum Gasteiger partial charge on any atom is -0.490 e. The molecular formula is C19H19ClN2O3. The molecule has 0 saturated carbocycles. The van der Waals surface area contributed by atoms with Crippen molar-refractivity contribution in [3.63, 3.8) is 0 Å². The summed E-state index contributed by atoms with van der Waals surface area (Å²) >= 11 is 6.08. The van der Waals surface area contributed by atoms with E-state index < -0.39 is 0 Å². The van der Waals surface area contributed by atoms with Gasteiger partial charge in [-0.3, -0.25) is 0 Å². The smallest absolute Gasteiger partial charge is 0.224 e. The Kier molecular flexibility index (Phi) is 6.04. The second-order valence-corrected chi connectivity index (χ2v) is 5.85. The third-order valence-corrected chi connectivity index (χ3v) is 3.86. The number of aryl methyl sites for hydroxylation is 1. The Hall–Kier alpha value is -2.37. The SMILES string of the molecule is Cc1ccc(Cl)c(OCCOCCOc2ncnc3ccccc23)c1. The van der Waals surface area contributed by atoms with Crippen LogP contribution in [0.4, 0.5) is 0 Å². The Morgan fingerprint density at radius 1 is 0.920 bits per heavy atom. The molecule has 1 heterocycles. The predicted octanol–water partition coefficient (Wildman–Crippen LogP) is 4.07. The summed E-state index contributed by atoms with van der Waals surface area (Å²) in [5.74, 6) is 1.24. The Labute approximate surface area is 151 Å². The zero-order valence-corrected chi connectivity index (χ0v) is 14.7. The van der Waals surface area contributed by atoms with Crippen LogP contribution in [0, 0.1) is 6.92 Å². The third-order valence-electron chi connectivity index (χ3n) is 3.54. The highest BCUT2D eigenvalue weighted by atomic mass is 35.5. The maximum atomic E-state index is 6.08. The Balaban J connectivity index is 1.38. The number of benzene rings is 2. The van der Waals surface area contributed by atoms with E-state index in [0.717, 1.165) is 16.5 Å². The lowest BCUT2D eigenvalue weighted by atomic mass is 10.2. The minimum absolute atomic E-state index is 0.409. The van der Waals surface area contributed by atoms with Gasteiger partial charge in [0.05, 0.1) is 29.1 Å². The number of para-hydroxylation sites is 1. The van der Waals surface area contributed by atoms with Crippen LogP contribution in [0.5, 0.6) is 11.6 Å². The van der Waals surface area contributed by atoms with E-state index in [2.05, 4.69) is 9.97 Å². The molecule has 0 spiro atoms. The maximum Gasteiger partial charge on any atom is 0.224 e. The molecule has 25 heavy (non-hydrogen) atoms. The topological polar surface area (TPSA) is 53.5 Å². The molecule has 5 nitrogen and oxygen atoms in total. The van der Waals surface area contributed by atoms with E-state index in [0.29, 0.717) is 43.1 Å². The van der Waals surface area contributed by atoms with Crippen LogP contribution in [-0.4, -0.2) is 36.4 Å². The summed E-state index contributed by atoms with van der Waals surface area (Å²) in [6, 6.07) is 13.4. The lowest BCUT2D eigenvalue weighted by Crippen LogP contribution is -2.12. The second kappa shape index (κ2) is 8.65. The summed E-state index contributed by atoms with van der Waals surface area (Å²) in [6.07, 6.45) is 1.50. The van der Waals surface area contributed by atoms with Gasteiger partial charge in [-0.2, -0.15) is 0 Å². The van der Waals surface area contributed by atoms with E-state index in [1.807, 2.05) is 49.4 Å². The van der Waals surface area contributed by atoms with E-state index in [1.165, 1.54) is 6.33 Å². The van der Waals surface area contributed by atoms with Crippen LogP contribution < -0.4 is 9.47 Å². The van der Waals surface area contributed by atoms with E-state index in [1.54, 1.807) is 0 Å². The molecule has 130 valence electrons. The first-order valence-electron chi connectivity index (χ1n) is 8.03. The summed E-state index contributed by atoms with van der Waals surface area (Å²) in [7, 11) is 0. The third kappa shape index (κ3) is 4.81. The molecule has 0 aliphatic heterocycles. The minimum atomic E-state index is 0.409. The van der Waals surface area contributed by atoms with Gasteiger partial charge in [0.25, 0.3) is 0 Å². The number of hydrogen-bond acceptors (Lipinski definition) is 5. The van der Waals surface area contributed by atoms with Crippen molar-refractivity contribution in [1.29, 1.82) is 0 Å². The lowest BCUT2D eigenvalue weighted by molar-refractivity contribution is 0.0757. The molecule has 3 aromatic rings. The summed E-state index contributed by atoms with van der Waals surface area (Å²) in [5, 5.41) is 1.49. The molecule has 0 atom stereocenters. The van der Waals surface area contributed by atoms with Crippen molar-refractivity contribution in [2.75, 3.05) is 26.4 Å². The van der Waals surface area contributed by atoms with E-state index in [9.17, 15) is 0 Å². The fourth-order valence-electron chi connectivity index (χ4n) is 2.33. The fraction of sp³-hybridized carbons (Fsp3) is 0.263. The van der Waals surface area contributed by atoms with Gasteiger partial charge in [-0.05, 0) is 36.8 Å². The number of hydrogen-bond donors (Lipinski definition) is 0. The van der Waals surface area contributed by atoms with Gasteiger partial charge in [-0.1, -0.05) is 29.8 Å². The van der Waals surface area contributed by atoms with Crippen LogP contribution >= 0.6 is 11.6 Å². The number of aromatic nitrogens is 2. The molecule has 0 unspecified atom stereocenters. The molecule has 0 bridgehead atoms. The van der Waals surface area contributed by atoms with Crippen molar-refractivity contribution in [3.8, 4) is 11.6 Å². The zero-order chi connectivity index (χ0) is 17.5. The largest absolute Gasteiger partial charge is 0.490 e. The molecule has 0 saturated heterocycles. The van der Waals surface area contributed by atoms with Crippen LogP contribution in [0.3, 0.4) is 0 Å². The van der Waals surface area contributed by atoms with E-state index in [-0.39, 0.29) is 0 Å². The molecule has 0 fully saturated rings. The summed E-state index contributed by atoms with van der Waals surface area (Å²) in [5.41, 5.74) is 1.96. The van der Waals surface area contributed by atoms with Crippen LogP contribution in [0.15, 0.2) is 48.8 Å². The zero-order valence-electron chi connectivity index (χ0n) is 13.9. The van der Waals surface area contributed by atoms with Crippen LogP contribution in [-0.2, 0) is 4.74 Å². The molecule has 0 amide bonds. The highest BCUT2D eigenvalue weighted by molar-refractivity contribution is 6.32. The van der Waals surface area contributed by atoms with Gasteiger partial charge < -0.3 is 14.2 Å². The predicted molar refractivity (Wildman–Crippen MR) is 97.5 cm³/mol. The van der Waals surface area contributed by atoms with Crippen molar-refractivity contribution in [1.82, 2.24) is 9.97 Å². The van der Waals surface area contributed by atoms with Crippen molar-refractivity contribution in [3.05, 3.63) is 59.4 Å². The van der Waals surface area contributed by atoms with Crippen LogP contribution in [0.2, 0.25) is 5.02 Å². The molecule has 6 heteroatoms.